The second kappa shape index (κ2) is 11.4. The molecule has 2 atom stereocenters. The summed E-state index contributed by atoms with van der Waals surface area (Å²) in [5.74, 6) is 0. The van der Waals surface area contributed by atoms with Gasteiger partial charge in [-0.3, -0.25) is 0 Å². The highest BCUT2D eigenvalue weighted by atomic mass is 28.4. The van der Waals surface area contributed by atoms with Crippen molar-refractivity contribution in [2.24, 2.45) is 0 Å². The summed E-state index contributed by atoms with van der Waals surface area (Å²) in [4.78, 5) is 0. The summed E-state index contributed by atoms with van der Waals surface area (Å²) in [5, 5.41) is 20.9. The fraction of sp³-hybridized carbons (Fsp3) is 0.385. The third-order valence-electron chi connectivity index (χ3n) is 5.34. The van der Waals surface area contributed by atoms with Crippen molar-refractivity contribution >= 4 is 18.7 Å². The van der Waals surface area contributed by atoms with Crippen LogP contribution in [0, 0.1) is 0 Å². The van der Waals surface area contributed by atoms with Crippen LogP contribution in [0.15, 0.2) is 85.0 Å². The smallest absolute Gasteiger partial charge is 0.261 e. The van der Waals surface area contributed by atoms with Crippen molar-refractivity contribution in [2.75, 3.05) is 6.61 Å². The molecule has 0 aromatic heterocycles. The Balaban J connectivity index is 2.42. The van der Waals surface area contributed by atoms with Gasteiger partial charge in [0.2, 0.25) is 0 Å². The second-order valence-electron chi connectivity index (χ2n) is 8.61. The zero-order valence-corrected chi connectivity index (χ0v) is 19.7. The normalized spacial score (nSPS) is 15.0. The van der Waals surface area contributed by atoms with Gasteiger partial charge in [0, 0.05) is 0 Å². The highest BCUT2D eigenvalue weighted by Gasteiger charge is 2.51. The molecule has 0 unspecified atom stereocenters. The first-order chi connectivity index (χ1) is 14.3. The fourth-order valence-electron chi connectivity index (χ4n) is 3.75. The van der Waals surface area contributed by atoms with E-state index in [9.17, 15) is 5.11 Å². The predicted octanol–water partition coefficient (Wildman–Crippen LogP) is 4.20. The molecule has 0 aliphatic heterocycles. The molecule has 30 heavy (non-hydrogen) atoms. The number of allylic oxidation sites excluding steroid dienone is 2. The number of aliphatic hydroxyl groups excluding tert-OH is 2. The summed E-state index contributed by atoms with van der Waals surface area (Å²) in [6.45, 7) is 8.78. The van der Waals surface area contributed by atoms with Gasteiger partial charge < -0.3 is 14.6 Å². The van der Waals surface area contributed by atoms with Crippen LogP contribution in [0.5, 0.6) is 0 Å². The summed E-state index contributed by atoms with van der Waals surface area (Å²) >= 11 is 0. The van der Waals surface area contributed by atoms with Crippen LogP contribution in [0.3, 0.4) is 0 Å². The minimum atomic E-state index is -2.57. The van der Waals surface area contributed by atoms with Crippen LogP contribution in [0.25, 0.3) is 0 Å². The van der Waals surface area contributed by atoms with E-state index < -0.39 is 14.4 Å². The standard InChI is InChI=1S/C26H36O3Si/c1-5-23(16-10-6-9-15-22(28)21-27)29-30(26(2,3)4,24-17-11-7-12-18-24)25-19-13-8-14-20-25/h6-14,16-20,22-23,27-28H,5,15,21H2,1-4H3/b9-6-,16-10+/t22-,23-/m1/s1. The van der Waals surface area contributed by atoms with Crippen LogP contribution < -0.4 is 10.4 Å². The quantitative estimate of drug-likeness (QED) is 0.444. The average molecular weight is 425 g/mol. The van der Waals surface area contributed by atoms with Gasteiger partial charge in [-0.2, -0.15) is 0 Å². The van der Waals surface area contributed by atoms with Gasteiger partial charge in [-0.05, 0) is 28.3 Å². The van der Waals surface area contributed by atoms with Crippen LogP contribution >= 0.6 is 0 Å². The van der Waals surface area contributed by atoms with Gasteiger partial charge in [-0.15, -0.1) is 0 Å². The van der Waals surface area contributed by atoms with Gasteiger partial charge in [-0.25, -0.2) is 0 Å². The van der Waals surface area contributed by atoms with Crippen LogP contribution in [-0.2, 0) is 4.43 Å². The van der Waals surface area contributed by atoms with E-state index in [0.29, 0.717) is 6.42 Å². The third kappa shape index (κ3) is 6.02. The van der Waals surface area contributed by atoms with Gasteiger partial charge in [0.25, 0.3) is 8.32 Å². The minimum Gasteiger partial charge on any atom is -0.401 e. The third-order valence-corrected chi connectivity index (χ3v) is 10.4. The van der Waals surface area contributed by atoms with E-state index in [1.807, 2.05) is 18.2 Å². The lowest BCUT2D eigenvalue weighted by atomic mass is 10.2. The van der Waals surface area contributed by atoms with E-state index in [4.69, 9.17) is 9.53 Å². The molecule has 0 saturated carbocycles. The summed E-state index contributed by atoms with van der Waals surface area (Å²) in [5.41, 5.74) is 0. The number of benzene rings is 2. The van der Waals surface area contributed by atoms with Crippen LogP contribution in [-0.4, -0.2) is 37.3 Å². The first-order valence-electron chi connectivity index (χ1n) is 10.8. The Bertz CT molecular complexity index is 755. The van der Waals surface area contributed by atoms with Crippen molar-refractivity contribution < 1.29 is 14.6 Å². The second-order valence-corrected chi connectivity index (χ2v) is 12.9. The number of rotatable bonds is 10. The lowest BCUT2D eigenvalue weighted by Gasteiger charge is -2.44. The Morgan fingerprint density at radius 3 is 1.90 bits per heavy atom. The SMILES string of the molecule is CC[C@H](/C=C/C=C\C[C@@H](O)CO)O[Si](c1ccccc1)(c1ccccc1)C(C)(C)C. The molecule has 0 spiro atoms. The van der Waals surface area contributed by atoms with Crippen molar-refractivity contribution in [1.29, 1.82) is 0 Å². The van der Waals surface area contributed by atoms with E-state index in [-0.39, 0.29) is 17.7 Å². The van der Waals surface area contributed by atoms with Crippen molar-refractivity contribution in [3.05, 3.63) is 85.0 Å². The van der Waals surface area contributed by atoms with Crippen LogP contribution in [0.1, 0.15) is 40.5 Å². The fourth-order valence-corrected chi connectivity index (χ4v) is 8.47. The largest absolute Gasteiger partial charge is 0.401 e. The molecule has 2 rings (SSSR count). The van der Waals surface area contributed by atoms with Crippen molar-refractivity contribution in [1.82, 2.24) is 0 Å². The highest BCUT2D eigenvalue weighted by molar-refractivity contribution is 6.99. The zero-order valence-electron chi connectivity index (χ0n) is 18.7. The lowest BCUT2D eigenvalue weighted by molar-refractivity contribution is 0.0976. The molecule has 0 aliphatic carbocycles. The molecular formula is C26H36O3Si. The van der Waals surface area contributed by atoms with Gasteiger partial charge in [0.15, 0.2) is 0 Å². The van der Waals surface area contributed by atoms with E-state index in [2.05, 4.69) is 94.4 Å². The van der Waals surface area contributed by atoms with Crippen LogP contribution in [0.2, 0.25) is 5.04 Å². The molecule has 0 heterocycles. The molecular weight excluding hydrogens is 388 g/mol. The average Bonchev–Trinajstić information content (AvgIpc) is 2.75. The molecule has 2 N–H and O–H groups in total. The van der Waals surface area contributed by atoms with Crippen molar-refractivity contribution in [3.8, 4) is 0 Å². The lowest BCUT2D eigenvalue weighted by Crippen LogP contribution is -2.67. The molecule has 0 saturated heterocycles. The number of hydrogen-bond acceptors (Lipinski definition) is 3. The number of hydrogen-bond donors (Lipinski definition) is 2. The van der Waals surface area contributed by atoms with E-state index in [0.717, 1.165) is 6.42 Å². The first kappa shape index (κ1) is 24.3. The molecule has 4 heteroatoms. The monoisotopic (exact) mass is 424 g/mol. The molecule has 0 amide bonds. The molecule has 0 aliphatic rings. The van der Waals surface area contributed by atoms with Gasteiger partial charge in [-0.1, -0.05) is 113 Å². The summed E-state index contributed by atoms with van der Waals surface area (Å²) in [6.07, 6.45) is 8.44. The summed E-state index contributed by atoms with van der Waals surface area (Å²) < 4.78 is 7.10. The number of aliphatic hydroxyl groups is 2. The molecule has 0 fully saturated rings. The molecule has 3 nitrogen and oxygen atoms in total. The Kier molecular flexibility index (Phi) is 9.25. The topological polar surface area (TPSA) is 49.7 Å². The van der Waals surface area contributed by atoms with E-state index >= 15 is 0 Å². The van der Waals surface area contributed by atoms with Gasteiger partial charge in [0.1, 0.15) is 0 Å². The maximum absolute atomic E-state index is 9.46. The minimum absolute atomic E-state index is 0.0243. The zero-order chi connectivity index (χ0) is 22.0. The van der Waals surface area contributed by atoms with Gasteiger partial charge >= 0.3 is 0 Å². The van der Waals surface area contributed by atoms with Crippen molar-refractivity contribution in [3.63, 3.8) is 0 Å². The van der Waals surface area contributed by atoms with Crippen LogP contribution in [0.4, 0.5) is 0 Å². The molecule has 2 aromatic carbocycles. The molecule has 0 radical (unpaired) electrons. The Labute approximate surface area is 182 Å². The Morgan fingerprint density at radius 2 is 1.47 bits per heavy atom. The van der Waals surface area contributed by atoms with E-state index in [1.165, 1.54) is 10.4 Å². The molecule has 0 bridgehead atoms. The summed E-state index contributed by atoms with van der Waals surface area (Å²) in [7, 11) is -2.57. The van der Waals surface area contributed by atoms with Crippen molar-refractivity contribution in [2.45, 2.75) is 57.8 Å². The Hall–Kier alpha value is -1.98. The maximum Gasteiger partial charge on any atom is 0.261 e. The maximum atomic E-state index is 9.46. The summed E-state index contributed by atoms with van der Waals surface area (Å²) in [6, 6.07) is 21.3. The van der Waals surface area contributed by atoms with E-state index in [1.54, 1.807) is 0 Å². The Morgan fingerprint density at radius 1 is 0.933 bits per heavy atom. The highest BCUT2D eigenvalue weighted by Crippen LogP contribution is 2.37. The molecule has 162 valence electrons. The van der Waals surface area contributed by atoms with Gasteiger partial charge in [0.05, 0.1) is 18.8 Å². The predicted molar refractivity (Wildman–Crippen MR) is 129 cm³/mol. The first-order valence-corrected chi connectivity index (χ1v) is 12.7. The molecule has 2 aromatic rings.